The normalized spacial score (nSPS) is 27.0. The Morgan fingerprint density at radius 2 is 1.76 bits per heavy atom. The van der Waals surface area contributed by atoms with Crippen LogP contribution in [0, 0.1) is 5.92 Å². The maximum atomic E-state index is 12.4. The van der Waals surface area contributed by atoms with Crippen LogP contribution in [0.2, 0.25) is 0 Å². The van der Waals surface area contributed by atoms with Gasteiger partial charge in [0.1, 0.15) is 4.75 Å². The minimum atomic E-state index is -0.858. The van der Waals surface area contributed by atoms with Gasteiger partial charge < -0.3 is 9.47 Å². The monoisotopic (exact) mass is 308 g/mol. The zero-order chi connectivity index (χ0) is 15.5. The highest BCUT2D eigenvalue weighted by Gasteiger charge is 2.74. The maximum absolute atomic E-state index is 12.4. The van der Waals surface area contributed by atoms with Crippen molar-refractivity contribution in [1.29, 1.82) is 0 Å². The molecule has 0 aliphatic heterocycles. The van der Waals surface area contributed by atoms with Crippen LogP contribution in [-0.4, -0.2) is 36.2 Å². The van der Waals surface area contributed by atoms with E-state index in [0.717, 1.165) is 5.56 Å². The molecular formula is C16H20O4S. The molecule has 3 atom stereocenters. The largest absolute Gasteiger partial charge is 0.466 e. The molecule has 0 spiro atoms. The molecule has 21 heavy (non-hydrogen) atoms. The van der Waals surface area contributed by atoms with Gasteiger partial charge in [-0.25, -0.2) is 0 Å². The molecule has 1 fully saturated rings. The number of carbonyl (C=O) groups is 2. The van der Waals surface area contributed by atoms with Crippen molar-refractivity contribution in [2.45, 2.75) is 24.5 Å². The van der Waals surface area contributed by atoms with Crippen molar-refractivity contribution in [1.82, 2.24) is 0 Å². The molecular weight excluding hydrogens is 288 g/mol. The summed E-state index contributed by atoms with van der Waals surface area (Å²) in [5.74, 6) is -1.32. The maximum Gasteiger partial charge on any atom is 0.323 e. The first-order chi connectivity index (χ1) is 10.1. The van der Waals surface area contributed by atoms with Crippen LogP contribution < -0.4 is 0 Å². The van der Waals surface area contributed by atoms with Crippen LogP contribution in [0.1, 0.15) is 25.3 Å². The summed E-state index contributed by atoms with van der Waals surface area (Å²) in [5.41, 5.74) is 0.970. The molecule has 114 valence electrons. The van der Waals surface area contributed by atoms with Gasteiger partial charge in [-0.05, 0) is 25.7 Å². The molecule has 1 aliphatic carbocycles. The summed E-state index contributed by atoms with van der Waals surface area (Å²) in [5, 5.41) is 0. The van der Waals surface area contributed by atoms with Crippen LogP contribution >= 0.6 is 11.8 Å². The molecule has 1 aliphatic rings. The van der Waals surface area contributed by atoms with E-state index in [9.17, 15) is 9.59 Å². The molecule has 1 saturated carbocycles. The van der Waals surface area contributed by atoms with Gasteiger partial charge in [0.05, 0.1) is 19.1 Å². The Labute approximate surface area is 129 Å². The fourth-order valence-electron chi connectivity index (χ4n) is 2.84. The lowest BCUT2D eigenvalue weighted by atomic mass is 10.1. The highest BCUT2D eigenvalue weighted by Crippen LogP contribution is 2.65. The lowest BCUT2D eigenvalue weighted by Gasteiger charge is -2.13. The Bertz CT molecular complexity index is 516. The van der Waals surface area contributed by atoms with Crippen molar-refractivity contribution >= 4 is 23.7 Å². The van der Waals surface area contributed by atoms with Crippen molar-refractivity contribution in [3.63, 3.8) is 0 Å². The Morgan fingerprint density at radius 1 is 1.14 bits per heavy atom. The third-order valence-corrected chi connectivity index (χ3v) is 5.13. The second-order valence-electron chi connectivity index (χ2n) is 4.84. The molecule has 1 aromatic rings. The second kappa shape index (κ2) is 6.52. The van der Waals surface area contributed by atoms with Gasteiger partial charge in [0.2, 0.25) is 0 Å². The predicted octanol–water partition coefficient (Wildman–Crippen LogP) is 2.63. The molecule has 5 heteroatoms. The summed E-state index contributed by atoms with van der Waals surface area (Å²) in [6.07, 6.45) is 1.84. The Morgan fingerprint density at radius 3 is 2.29 bits per heavy atom. The Balaban J connectivity index is 2.35. The second-order valence-corrected chi connectivity index (χ2v) is 5.92. The van der Waals surface area contributed by atoms with Gasteiger partial charge in [0.15, 0.2) is 0 Å². The summed E-state index contributed by atoms with van der Waals surface area (Å²) >= 11 is 1.38. The third-order valence-electron chi connectivity index (χ3n) is 3.78. The molecule has 1 unspecified atom stereocenters. The number of benzene rings is 1. The third kappa shape index (κ3) is 2.67. The zero-order valence-corrected chi connectivity index (χ0v) is 13.3. The lowest BCUT2D eigenvalue weighted by molar-refractivity contribution is -0.149. The van der Waals surface area contributed by atoms with Crippen LogP contribution in [0.3, 0.4) is 0 Å². The van der Waals surface area contributed by atoms with Crippen molar-refractivity contribution in [3.8, 4) is 0 Å². The summed E-state index contributed by atoms with van der Waals surface area (Å²) in [6.45, 7) is 4.15. The van der Waals surface area contributed by atoms with Crippen LogP contribution in [0.5, 0.6) is 0 Å². The van der Waals surface area contributed by atoms with Crippen LogP contribution in [0.4, 0.5) is 0 Å². The number of esters is 2. The molecule has 2 rings (SSSR count). The molecule has 0 N–H and O–H groups in total. The number of thioether (sulfide) groups is 1. The van der Waals surface area contributed by atoms with Gasteiger partial charge in [-0.3, -0.25) is 9.59 Å². The van der Waals surface area contributed by atoms with Gasteiger partial charge in [0.25, 0.3) is 0 Å². The topological polar surface area (TPSA) is 52.6 Å². The minimum absolute atomic E-state index is 0.188. The van der Waals surface area contributed by atoms with Gasteiger partial charge in [0, 0.05) is 5.92 Å². The van der Waals surface area contributed by atoms with Crippen LogP contribution in [0.25, 0.3) is 0 Å². The summed E-state index contributed by atoms with van der Waals surface area (Å²) in [7, 11) is 0. The molecule has 0 aromatic heterocycles. The standard InChI is InChI=1S/C16H20O4S/c1-4-19-14(17)13-12(11-9-7-6-8-10-11)16(13,21-3)15(18)20-5-2/h6-10,12-13H,4-5H2,1-3H3/t12-,13+,16?/m1/s1. The summed E-state index contributed by atoms with van der Waals surface area (Å²) in [4.78, 5) is 24.6. The quantitative estimate of drug-likeness (QED) is 0.756. The van der Waals surface area contributed by atoms with E-state index in [1.807, 2.05) is 36.6 Å². The van der Waals surface area contributed by atoms with Gasteiger partial charge in [-0.15, -0.1) is 11.8 Å². The average molecular weight is 308 g/mol. The highest BCUT2D eigenvalue weighted by molar-refractivity contribution is 8.01. The molecule has 0 amide bonds. The number of carbonyl (C=O) groups excluding carboxylic acids is 2. The van der Waals surface area contributed by atoms with E-state index < -0.39 is 10.7 Å². The molecule has 4 nitrogen and oxygen atoms in total. The van der Waals surface area contributed by atoms with E-state index in [0.29, 0.717) is 13.2 Å². The van der Waals surface area contributed by atoms with E-state index in [4.69, 9.17) is 9.47 Å². The Kier molecular flexibility index (Phi) is 4.93. The van der Waals surface area contributed by atoms with Crippen LogP contribution in [-0.2, 0) is 19.1 Å². The average Bonchev–Trinajstić information content (AvgIpc) is 3.19. The van der Waals surface area contributed by atoms with Gasteiger partial charge >= 0.3 is 11.9 Å². The van der Waals surface area contributed by atoms with Crippen molar-refractivity contribution in [2.75, 3.05) is 19.5 Å². The smallest absolute Gasteiger partial charge is 0.323 e. The van der Waals surface area contributed by atoms with Crippen molar-refractivity contribution in [3.05, 3.63) is 35.9 Å². The molecule has 0 saturated heterocycles. The van der Waals surface area contributed by atoms with E-state index in [-0.39, 0.29) is 17.9 Å². The number of ether oxygens (including phenoxy) is 2. The van der Waals surface area contributed by atoms with Crippen molar-refractivity contribution < 1.29 is 19.1 Å². The lowest BCUT2D eigenvalue weighted by Crippen LogP contribution is -2.28. The molecule has 1 aromatic carbocycles. The number of hydrogen-bond acceptors (Lipinski definition) is 5. The predicted molar refractivity (Wildman–Crippen MR) is 82.2 cm³/mol. The number of hydrogen-bond donors (Lipinski definition) is 0. The highest BCUT2D eigenvalue weighted by atomic mass is 32.2. The fraction of sp³-hybridized carbons (Fsp3) is 0.500. The zero-order valence-electron chi connectivity index (χ0n) is 12.5. The van der Waals surface area contributed by atoms with E-state index in [2.05, 4.69) is 0 Å². The van der Waals surface area contributed by atoms with Crippen LogP contribution in [0.15, 0.2) is 30.3 Å². The minimum Gasteiger partial charge on any atom is -0.466 e. The van der Waals surface area contributed by atoms with Crippen molar-refractivity contribution in [2.24, 2.45) is 5.92 Å². The molecule has 0 bridgehead atoms. The first kappa shape index (κ1) is 15.9. The summed E-state index contributed by atoms with van der Waals surface area (Å²) < 4.78 is 9.49. The first-order valence-electron chi connectivity index (χ1n) is 7.07. The Hall–Kier alpha value is -1.49. The van der Waals surface area contributed by atoms with Gasteiger partial charge in [-0.2, -0.15) is 0 Å². The van der Waals surface area contributed by atoms with E-state index >= 15 is 0 Å². The fourth-order valence-corrected chi connectivity index (χ4v) is 4.01. The molecule has 0 radical (unpaired) electrons. The number of rotatable bonds is 6. The molecule has 0 heterocycles. The van der Waals surface area contributed by atoms with E-state index in [1.54, 1.807) is 13.8 Å². The summed E-state index contributed by atoms with van der Waals surface area (Å²) in [6, 6.07) is 9.61. The first-order valence-corrected chi connectivity index (χ1v) is 8.29. The SMILES string of the molecule is CCOC(=O)[C@@H]1[C@@H](c2ccccc2)C1(SC)C(=O)OCC. The van der Waals surface area contributed by atoms with E-state index in [1.165, 1.54) is 11.8 Å². The van der Waals surface area contributed by atoms with Gasteiger partial charge in [-0.1, -0.05) is 30.3 Å².